The Morgan fingerprint density at radius 2 is 1.96 bits per heavy atom. The Balaban J connectivity index is 1.56. The molecule has 1 aromatic heterocycles. The van der Waals surface area contributed by atoms with E-state index in [1.165, 1.54) is 11.8 Å². The number of amides is 1. The van der Waals surface area contributed by atoms with Gasteiger partial charge in [-0.05, 0) is 53.6 Å². The lowest BCUT2D eigenvalue weighted by molar-refractivity contribution is -0.115. The van der Waals surface area contributed by atoms with Gasteiger partial charge in [0, 0.05) is 17.9 Å². The van der Waals surface area contributed by atoms with Crippen LogP contribution in [0.25, 0.3) is 5.69 Å². The Kier molecular flexibility index (Phi) is 5.45. The van der Waals surface area contributed by atoms with Crippen LogP contribution in [0.15, 0.2) is 53.7 Å². The number of thioether (sulfide) groups is 1. The lowest BCUT2D eigenvalue weighted by Gasteiger charge is -2.09. The van der Waals surface area contributed by atoms with Crippen LogP contribution in [0.3, 0.4) is 0 Å². The predicted octanol–water partition coefficient (Wildman–Crippen LogP) is 3.40. The molecule has 0 radical (unpaired) electrons. The summed E-state index contributed by atoms with van der Waals surface area (Å²) in [5.74, 6) is 0.587. The van der Waals surface area contributed by atoms with E-state index in [0.717, 1.165) is 22.5 Å². The molecule has 25 heavy (non-hydrogen) atoms. The molecule has 0 atom stereocenters. The highest BCUT2D eigenvalue weighted by atomic mass is 32.2. The number of tetrazole rings is 1. The maximum absolute atomic E-state index is 12.2. The van der Waals surface area contributed by atoms with Crippen molar-refractivity contribution in [2.45, 2.75) is 25.4 Å². The molecule has 0 spiro atoms. The summed E-state index contributed by atoms with van der Waals surface area (Å²) in [7, 11) is 0. The topological polar surface area (TPSA) is 72.7 Å². The summed E-state index contributed by atoms with van der Waals surface area (Å²) in [6.07, 6.45) is 0.389. The summed E-state index contributed by atoms with van der Waals surface area (Å²) in [6.45, 7) is 3.99. The Morgan fingerprint density at radius 1 is 1.16 bits per heavy atom. The van der Waals surface area contributed by atoms with Crippen molar-refractivity contribution < 1.29 is 4.79 Å². The summed E-state index contributed by atoms with van der Waals surface area (Å²) in [6, 6.07) is 15.7. The lowest BCUT2D eigenvalue weighted by atomic mass is 10.1. The van der Waals surface area contributed by atoms with Gasteiger partial charge in [0.1, 0.15) is 0 Å². The van der Waals surface area contributed by atoms with Crippen molar-refractivity contribution in [3.8, 4) is 5.69 Å². The van der Waals surface area contributed by atoms with Crippen LogP contribution in [0.1, 0.15) is 17.5 Å². The smallest absolute Gasteiger partial charge is 0.225 e. The molecule has 0 aliphatic carbocycles. The third-order valence-electron chi connectivity index (χ3n) is 3.67. The van der Waals surface area contributed by atoms with Crippen LogP contribution in [0, 0.1) is 13.8 Å². The van der Waals surface area contributed by atoms with Gasteiger partial charge in [-0.2, -0.15) is 4.68 Å². The molecule has 0 aliphatic heterocycles. The third kappa shape index (κ3) is 4.45. The molecule has 3 rings (SSSR count). The van der Waals surface area contributed by atoms with Crippen molar-refractivity contribution in [2.75, 3.05) is 11.1 Å². The lowest BCUT2D eigenvalue weighted by Crippen LogP contribution is -2.13. The summed E-state index contributed by atoms with van der Waals surface area (Å²) in [4.78, 5) is 12.2. The van der Waals surface area contributed by atoms with Gasteiger partial charge in [-0.15, -0.1) is 5.10 Å². The molecule has 6 nitrogen and oxygen atoms in total. The van der Waals surface area contributed by atoms with Crippen LogP contribution >= 0.6 is 11.8 Å². The van der Waals surface area contributed by atoms with Crippen LogP contribution in [0.4, 0.5) is 5.69 Å². The number of anilines is 1. The first-order chi connectivity index (χ1) is 12.1. The fourth-order valence-electron chi connectivity index (χ4n) is 2.32. The largest absolute Gasteiger partial charge is 0.326 e. The second-order valence-electron chi connectivity index (χ2n) is 5.67. The highest BCUT2D eigenvalue weighted by Crippen LogP contribution is 2.20. The Morgan fingerprint density at radius 3 is 2.76 bits per heavy atom. The third-order valence-corrected chi connectivity index (χ3v) is 4.59. The summed E-state index contributed by atoms with van der Waals surface area (Å²) < 4.78 is 1.67. The van der Waals surface area contributed by atoms with Crippen molar-refractivity contribution in [1.29, 1.82) is 0 Å². The molecule has 128 valence electrons. The van der Waals surface area contributed by atoms with Gasteiger partial charge in [0.05, 0.1) is 5.69 Å². The SMILES string of the molecule is Cc1ccc(C)c(NC(=O)CCSc2nnnn2-c2ccccc2)c1. The molecule has 1 N–H and O–H groups in total. The Labute approximate surface area is 150 Å². The van der Waals surface area contributed by atoms with E-state index in [2.05, 4.69) is 20.8 Å². The minimum atomic E-state index is -0.0139. The number of rotatable bonds is 6. The average molecular weight is 353 g/mol. The van der Waals surface area contributed by atoms with Gasteiger partial charge in [-0.1, -0.05) is 42.1 Å². The number of aryl methyl sites for hydroxylation is 2. The number of para-hydroxylation sites is 1. The summed E-state index contributed by atoms with van der Waals surface area (Å²) in [5, 5.41) is 15.4. The van der Waals surface area contributed by atoms with E-state index in [9.17, 15) is 4.79 Å². The normalized spacial score (nSPS) is 10.6. The average Bonchev–Trinajstić information content (AvgIpc) is 3.07. The van der Waals surface area contributed by atoms with E-state index >= 15 is 0 Å². The Hall–Kier alpha value is -2.67. The first-order valence-corrected chi connectivity index (χ1v) is 8.96. The number of carbonyl (C=O) groups excluding carboxylic acids is 1. The molecule has 0 unspecified atom stereocenters. The molecule has 1 heterocycles. The van der Waals surface area contributed by atoms with Crippen LogP contribution in [0.2, 0.25) is 0 Å². The second kappa shape index (κ2) is 7.94. The fraction of sp³-hybridized carbons (Fsp3) is 0.222. The molecular weight excluding hydrogens is 334 g/mol. The highest BCUT2D eigenvalue weighted by Gasteiger charge is 2.10. The van der Waals surface area contributed by atoms with E-state index < -0.39 is 0 Å². The molecular formula is C18H19N5OS. The number of hydrogen-bond acceptors (Lipinski definition) is 5. The van der Waals surface area contributed by atoms with Gasteiger partial charge >= 0.3 is 0 Å². The zero-order valence-corrected chi connectivity index (χ0v) is 15.0. The standard InChI is InChI=1S/C18H19N5OS/c1-13-8-9-14(2)16(12-13)19-17(24)10-11-25-18-20-21-22-23(18)15-6-4-3-5-7-15/h3-9,12H,10-11H2,1-2H3,(H,19,24). The van der Waals surface area contributed by atoms with E-state index in [1.807, 2.05) is 62.4 Å². The first kappa shape index (κ1) is 17.2. The van der Waals surface area contributed by atoms with Gasteiger partial charge in [-0.25, -0.2) is 0 Å². The van der Waals surface area contributed by atoms with Gasteiger partial charge < -0.3 is 5.32 Å². The van der Waals surface area contributed by atoms with E-state index in [0.29, 0.717) is 17.3 Å². The maximum Gasteiger partial charge on any atom is 0.225 e. The highest BCUT2D eigenvalue weighted by molar-refractivity contribution is 7.99. The van der Waals surface area contributed by atoms with Gasteiger partial charge in [0.15, 0.2) is 0 Å². The minimum Gasteiger partial charge on any atom is -0.326 e. The van der Waals surface area contributed by atoms with Crippen molar-refractivity contribution in [2.24, 2.45) is 0 Å². The summed E-state index contributed by atoms with van der Waals surface area (Å²) >= 11 is 1.46. The number of nitrogens with zero attached hydrogens (tertiary/aromatic N) is 4. The Bertz CT molecular complexity index is 863. The molecule has 7 heteroatoms. The van der Waals surface area contributed by atoms with Crippen LogP contribution < -0.4 is 5.32 Å². The quantitative estimate of drug-likeness (QED) is 0.688. The van der Waals surface area contributed by atoms with Crippen molar-refractivity contribution in [1.82, 2.24) is 20.2 Å². The predicted molar refractivity (Wildman–Crippen MR) is 99.0 cm³/mol. The number of benzene rings is 2. The molecule has 0 aliphatic rings. The second-order valence-corrected chi connectivity index (χ2v) is 6.74. The van der Waals surface area contributed by atoms with Crippen LogP contribution in [-0.4, -0.2) is 31.9 Å². The number of aromatic nitrogens is 4. The van der Waals surface area contributed by atoms with Crippen molar-refractivity contribution >= 4 is 23.4 Å². The van der Waals surface area contributed by atoms with E-state index in [-0.39, 0.29) is 5.91 Å². The number of carbonyl (C=O) groups is 1. The van der Waals surface area contributed by atoms with Crippen LogP contribution in [0.5, 0.6) is 0 Å². The van der Waals surface area contributed by atoms with Gasteiger partial charge in [0.2, 0.25) is 11.1 Å². The van der Waals surface area contributed by atoms with Gasteiger partial charge in [0.25, 0.3) is 0 Å². The summed E-state index contributed by atoms with van der Waals surface area (Å²) in [5.41, 5.74) is 3.94. The van der Waals surface area contributed by atoms with E-state index in [4.69, 9.17) is 0 Å². The molecule has 0 bridgehead atoms. The molecule has 2 aromatic carbocycles. The molecule has 0 fully saturated rings. The van der Waals surface area contributed by atoms with Gasteiger partial charge in [-0.3, -0.25) is 4.79 Å². The molecule has 0 saturated heterocycles. The minimum absolute atomic E-state index is 0.0139. The fourth-order valence-corrected chi connectivity index (χ4v) is 3.15. The maximum atomic E-state index is 12.2. The van der Waals surface area contributed by atoms with Crippen LogP contribution in [-0.2, 0) is 4.79 Å². The molecule has 3 aromatic rings. The number of nitrogens with one attached hydrogen (secondary N) is 1. The monoisotopic (exact) mass is 353 g/mol. The number of hydrogen-bond donors (Lipinski definition) is 1. The van der Waals surface area contributed by atoms with E-state index in [1.54, 1.807) is 4.68 Å². The zero-order chi connectivity index (χ0) is 17.6. The first-order valence-electron chi connectivity index (χ1n) is 7.97. The van der Waals surface area contributed by atoms with Crippen molar-refractivity contribution in [3.05, 3.63) is 59.7 Å². The molecule has 1 amide bonds. The van der Waals surface area contributed by atoms with Crippen molar-refractivity contribution in [3.63, 3.8) is 0 Å². The zero-order valence-electron chi connectivity index (χ0n) is 14.1. The molecule has 0 saturated carbocycles.